The second-order valence-electron chi connectivity index (χ2n) is 7.61. The van der Waals surface area contributed by atoms with Crippen molar-refractivity contribution in [2.75, 3.05) is 0 Å². The van der Waals surface area contributed by atoms with Gasteiger partial charge in [0.25, 0.3) is 5.56 Å². The first-order chi connectivity index (χ1) is 12.2. The minimum Gasteiger partial charge on any atom is -0.293 e. The number of halogens is 2. The van der Waals surface area contributed by atoms with Gasteiger partial charge in [-0.05, 0) is 41.3 Å². The van der Waals surface area contributed by atoms with Crippen LogP contribution in [0.2, 0.25) is 0 Å². The largest absolute Gasteiger partial charge is 0.331 e. The first-order valence-corrected chi connectivity index (χ1v) is 9.12. The zero-order valence-electron chi connectivity index (χ0n) is 14.9. The Kier molecular flexibility index (Phi) is 4.88. The van der Waals surface area contributed by atoms with Crippen molar-refractivity contribution in [3.05, 3.63) is 79.2 Å². The quantitative estimate of drug-likeness (QED) is 0.640. The standard InChI is InChI=1S/C20H20BrFN2O2/c1-20(2,3)12-24-17-10-15(22)8-9-16(17)18(25)23(19(24)26)11-13-4-6-14(21)7-5-13/h4-10H,11-12H2,1-3H3. The van der Waals surface area contributed by atoms with E-state index >= 15 is 0 Å². The van der Waals surface area contributed by atoms with Crippen LogP contribution < -0.4 is 11.2 Å². The van der Waals surface area contributed by atoms with E-state index in [1.165, 1.54) is 27.3 Å². The van der Waals surface area contributed by atoms with Crippen molar-refractivity contribution in [2.24, 2.45) is 5.41 Å². The molecule has 0 saturated heterocycles. The van der Waals surface area contributed by atoms with Crippen LogP contribution in [0.5, 0.6) is 0 Å². The minimum absolute atomic E-state index is 0.169. The van der Waals surface area contributed by atoms with E-state index < -0.39 is 17.1 Å². The van der Waals surface area contributed by atoms with E-state index in [9.17, 15) is 14.0 Å². The second kappa shape index (κ2) is 6.83. The Labute approximate surface area is 159 Å². The Morgan fingerprint density at radius 1 is 1.00 bits per heavy atom. The summed E-state index contributed by atoms with van der Waals surface area (Å²) in [6, 6.07) is 11.4. The van der Waals surface area contributed by atoms with Gasteiger partial charge in [-0.15, -0.1) is 0 Å². The van der Waals surface area contributed by atoms with Gasteiger partial charge in [-0.1, -0.05) is 48.8 Å². The number of aromatic nitrogens is 2. The lowest BCUT2D eigenvalue weighted by molar-refractivity contribution is 0.337. The molecule has 0 bridgehead atoms. The lowest BCUT2D eigenvalue weighted by Gasteiger charge is -2.22. The summed E-state index contributed by atoms with van der Waals surface area (Å²) in [5, 5.41) is 0.340. The third-order valence-electron chi connectivity index (χ3n) is 4.07. The summed E-state index contributed by atoms with van der Waals surface area (Å²) >= 11 is 3.37. The van der Waals surface area contributed by atoms with Crippen LogP contribution in [0.15, 0.2) is 56.5 Å². The summed E-state index contributed by atoms with van der Waals surface area (Å²) in [7, 11) is 0. The number of fused-ring (bicyclic) bond motifs is 1. The Hall–Kier alpha value is -2.21. The molecule has 0 spiro atoms. The zero-order chi connectivity index (χ0) is 19.1. The molecule has 0 radical (unpaired) electrons. The van der Waals surface area contributed by atoms with Crippen molar-refractivity contribution < 1.29 is 4.39 Å². The van der Waals surface area contributed by atoms with Gasteiger partial charge in [0.1, 0.15) is 5.82 Å². The predicted octanol–water partition coefficient (Wildman–Crippen LogP) is 4.16. The smallest absolute Gasteiger partial charge is 0.293 e. The Morgan fingerprint density at radius 2 is 1.65 bits per heavy atom. The van der Waals surface area contributed by atoms with Crippen LogP contribution in [0.3, 0.4) is 0 Å². The lowest BCUT2D eigenvalue weighted by Crippen LogP contribution is -2.42. The van der Waals surface area contributed by atoms with E-state index in [-0.39, 0.29) is 12.0 Å². The molecule has 0 atom stereocenters. The molecular weight excluding hydrogens is 399 g/mol. The minimum atomic E-state index is -0.468. The highest BCUT2D eigenvalue weighted by atomic mass is 79.9. The highest BCUT2D eigenvalue weighted by Gasteiger charge is 2.19. The maximum Gasteiger partial charge on any atom is 0.331 e. The molecule has 0 fully saturated rings. The Balaban J connectivity index is 2.26. The van der Waals surface area contributed by atoms with E-state index in [2.05, 4.69) is 15.9 Å². The van der Waals surface area contributed by atoms with Crippen LogP contribution in [-0.4, -0.2) is 9.13 Å². The van der Waals surface area contributed by atoms with Gasteiger partial charge in [-0.2, -0.15) is 0 Å². The van der Waals surface area contributed by atoms with Gasteiger partial charge in [0.05, 0.1) is 17.4 Å². The summed E-state index contributed by atoms with van der Waals surface area (Å²) in [6.07, 6.45) is 0. The van der Waals surface area contributed by atoms with Crippen molar-refractivity contribution in [1.82, 2.24) is 9.13 Å². The molecule has 0 aliphatic rings. The van der Waals surface area contributed by atoms with Crippen LogP contribution >= 0.6 is 15.9 Å². The van der Waals surface area contributed by atoms with Crippen molar-refractivity contribution in [3.8, 4) is 0 Å². The predicted molar refractivity (Wildman–Crippen MR) is 105 cm³/mol. The monoisotopic (exact) mass is 418 g/mol. The molecule has 26 heavy (non-hydrogen) atoms. The molecule has 3 rings (SSSR count). The third-order valence-corrected chi connectivity index (χ3v) is 4.60. The average molecular weight is 419 g/mol. The molecule has 1 heterocycles. The molecule has 0 aliphatic carbocycles. The molecule has 6 heteroatoms. The Bertz CT molecular complexity index is 1080. The molecule has 0 amide bonds. The van der Waals surface area contributed by atoms with Crippen molar-refractivity contribution in [1.29, 1.82) is 0 Å². The van der Waals surface area contributed by atoms with Crippen LogP contribution in [0, 0.1) is 11.2 Å². The van der Waals surface area contributed by atoms with Crippen LogP contribution in [-0.2, 0) is 13.1 Å². The van der Waals surface area contributed by atoms with Crippen molar-refractivity contribution in [2.45, 2.75) is 33.9 Å². The van der Waals surface area contributed by atoms with Crippen LogP contribution in [0.4, 0.5) is 4.39 Å². The van der Waals surface area contributed by atoms with Gasteiger partial charge >= 0.3 is 5.69 Å². The van der Waals surface area contributed by atoms with Crippen LogP contribution in [0.25, 0.3) is 10.9 Å². The average Bonchev–Trinajstić information content (AvgIpc) is 2.56. The summed E-state index contributed by atoms with van der Waals surface area (Å²) in [4.78, 5) is 25.9. The fourth-order valence-corrected chi connectivity index (χ4v) is 3.19. The van der Waals surface area contributed by atoms with Gasteiger partial charge in [0.15, 0.2) is 0 Å². The number of rotatable bonds is 3. The van der Waals surface area contributed by atoms with Gasteiger partial charge in [-0.3, -0.25) is 13.9 Å². The van der Waals surface area contributed by atoms with Crippen molar-refractivity contribution >= 4 is 26.8 Å². The van der Waals surface area contributed by atoms with E-state index in [4.69, 9.17) is 0 Å². The van der Waals surface area contributed by atoms with Gasteiger partial charge < -0.3 is 0 Å². The summed E-state index contributed by atoms with van der Waals surface area (Å²) < 4.78 is 17.4. The topological polar surface area (TPSA) is 44.0 Å². The van der Waals surface area contributed by atoms with Crippen LogP contribution in [0.1, 0.15) is 26.3 Å². The summed E-state index contributed by atoms with van der Waals surface area (Å²) in [5.74, 6) is -0.468. The third kappa shape index (κ3) is 3.80. The fourth-order valence-electron chi connectivity index (χ4n) is 2.93. The molecular formula is C20H20BrFN2O2. The summed E-state index contributed by atoms with van der Waals surface area (Å²) in [5.41, 5.74) is 0.144. The highest BCUT2D eigenvalue weighted by molar-refractivity contribution is 9.10. The molecule has 3 aromatic rings. The normalized spacial score (nSPS) is 11.9. The van der Waals surface area contributed by atoms with E-state index in [1.807, 2.05) is 45.0 Å². The number of hydrogen-bond donors (Lipinski definition) is 0. The number of benzene rings is 2. The molecule has 136 valence electrons. The maximum absolute atomic E-state index is 13.8. The van der Waals surface area contributed by atoms with E-state index in [0.717, 1.165) is 10.0 Å². The first-order valence-electron chi connectivity index (χ1n) is 8.33. The van der Waals surface area contributed by atoms with E-state index in [0.29, 0.717) is 17.4 Å². The number of nitrogens with zero attached hydrogens (tertiary/aromatic N) is 2. The molecule has 4 nitrogen and oxygen atoms in total. The molecule has 0 aliphatic heterocycles. The lowest BCUT2D eigenvalue weighted by atomic mass is 9.96. The highest BCUT2D eigenvalue weighted by Crippen LogP contribution is 2.19. The van der Waals surface area contributed by atoms with Gasteiger partial charge in [-0.25, -0.2) is 9.18 Å². The van der Waals surface area contributed by atoms with Gasteiger partial charge in [0.2, 0.25) is 0 Å². The maximum atomic E-state index is 13.8. The summed E-state index contributed by atoms with van der Waals surface area (Å²) in [6.45, 7) is 6.53. The molecule has 2 aromatic carbocycles. The SMILES string of the molecule is CC(C)(C)Cn1c(=O)n(Cc2ccc(Br)cc2)c(=O)c2ccc(F)cc21. The zero-order valence-corrected chi connectivity index (χ0v) is 16.5. The fraction of sp³-hybridized carbons (Fsp3) is 0.300. The Morgan fingerprint density at radius 3 is 2.27 bits per heavy atom. The number of hydrogen-bond acceptors (Lipinski definition) is 2. The van der Waals surface area contributed by atoms with E-state index in [1.54, 1.807) is 0 Å². The molecule has 0 unspecified atom stereocenters. The van der Waals surface area contributed by atoms with Gasteiger partial charge in [0, 0.05) is 11.0 Å². The molecule has 0 saturated carbocycles. The second-order valence-corrected chi connectivity index (χ2v) is 8.52. The molecule has 1 aromatic heterocycles. The first kappa shape index (κ1) is 18.6. The van der Waals surface area contributed by atoms with Crippen molar-refractivity contribution in [3.63, 3.8) is 0 Å². The molecule has 0 N–H and O–H groups in total.